The van der Waals surface area contributed by atoms with Gasteiger partial charge in [0.15, 0.2) is 10.4 Å². The van der Waals surface area contributed by atoms with Gasteiger partial charge >= 0.3 is 0 Å². The lowest BCUT2D eigenvalue weighted by atomic mass is 10.0. The minimum Gasteiger partial charge on any atom is -0.444 e. The van der Waals surface area contributed by atoms with Crippen molar-refractivity contribution in [2.24, 2.45) is 5.92 Å². The molecule has 1 unspecified atom stereocenters. The van der Waals surface area contributed by atoms with Crippen LogP contribution in [0.5, 0.6) is 0 Å². The molecule has 2 rings (SSSR count). The van der Waals surface area contributed by atoms with E-state index in [1.165, 1.54) is 0 Å². The summed E-state index contributed by atoms with van der Waals surface area (Å²) in [6.07, 6.45) is 2.19. The monoisotopic (exact) mass is 287 g/mol. The highest BCUT2D eigenvalue weighted by molar-refractivity contribution is 9.10. The number of carbonyl (C=O) groups excluding carboxylic acids is 1. The van der Waals surface area contributed by atoms with Crippen molar-refractivity contribution in [2.75, 3.05) is 19.8 Å². The largest absolute Gasteiger partial charge is 0.444 e. The number of amides is 1. The fourth-order valence-corrected chi connectivity index (χ4v) is 2.04. The minimum atomic E-state index is -0.170. The van der Waals surface area contributed by atoms with Gasteiger partial charge in [-0.25, -0.2) is 0 Å². The Balaban J connectivity index is 1.79. The average molecular weight is 288 g/mol. The topological polar surface area (TPSA) is 51.5 Å². The molecular weight excluding hydrogens is 274 g/mol. The normalized spacial score (nSPS) is 20.7. The molecule has 0 bridgehead atoms. The van der Waals surface area contributed by atoms with Crippen LogP contribution < -0.4 is 5.32 Å². The lowest BCUT2D eigenvalue weighted by Crippen LogP contribution is -2.33. The van der Waals surface area contributed by atoms with Crippen LogP contribution in [-0.2, 0) is 4.74 Å². The first-order valence-corrected chi connectivity index (χ1v) is 6.16. The van der Waals surface area contributed by atoms with Crippen molar-refractivity contribution in [2.45, 2.75) is 12.8 Å². The van der Waals surface area contributed by atoms with E-state index in [4.69, 9.17) is 9.15 Å². The first-order valence-electron chi connectivity index (χ1n) is 5.37. The number of rotatable bonds is 3. The van der Waals surface area contributed by atoms with Crippen LogP contribution in [0.1, 0.15) is 23.4 Å². The zero-order valence-corrected chi connectivity index (χ0v) is 10.5. The van der Waals surface area contributed by atoms with Crippen molar-refractivity contribution >= 4 is 21.8 Å². The fraction of sp³-hybridized carbons (Fsp3) is 0.545. The van der Waals surface area contributed by atoms with Gasteiger partial charge in [-0.1, -0.05) is 0 Å². The van der Waals surface area contributed by atoms with Gasteiger partial charge in [0.2, 0.25) is 0 Å². The van der Waals surface area contributed by atoms with Gasteiger partial charge < -0.3 is 14.5 Å². The van der Waals surface area contributed by atoms with Gasteiger partial charge in [-0.2, -0.15) is 0 Å². The van der Waals surface area contributed by atoms with Crippen molar-refractivity contribution in [1.82, 2.24) is 5.32 Å². The number of carbonyl (C=O) groups is 1. The smallest absolute Gasteiger partial charge is 0.287 e. The van der Waals surface area contributed by atoms with Gasteiger partial charge in [0.1, 0.15) is 0 Å². The van der Waals surface area contributed by atoms with E-state index in [1.54, 1.807) is 12.1 Å². The molecular formula is C11H14BrNO3. The van der Waals surface area contributed by atoms with E-state index >= 15 is 0 Å². The molecule has 0 aliphatic carbocycles. The maximum atomic E-state index is 11.6. The highest BCUT2D eigenvalue weighted by Crippen LogP contribution is 2.15. The Morgan fingerprint density at radius 2 is 2.44 bits per heavy atom. The molecule has 5 heteroatoms. The fourth-order valence-electron chi connectivity index (χ4n) is 1.73. The molecule has 1 saturated heterocycles. The molecule has 1 aromatic heterocycles. The first-order chi connectivity index (χ1) is 7.75. The van der Waals surface area contributed by atoms with E-state index in [0.717, 1.165) is 26.1 Å². The number of ether oxygens (including phenoxy) is 1. The van der Waals surface area contributed by atoms with E-state index in [9.17, 15) is 4.79 Å². The molecule has 2 heterocycles. The van der Waals surface area contributed by atoms with Crippen LogP contribution in [0.15, 0.2) is 21.2 Å². The van der Waals surface area contributed by atoms with Crippen molar-refractivity contribution in [3.63, 3.8) is 0 Å². The quantitative estimate of drug-likeness (QED) is 0.927. The molecule has 1 fully saturated rings. The van der Waals surface area contributed by atoms with Gasteiger partial charge in [0.25, 0.3) is 5.91 Å². The zero-order valence-electron chi connectivity index (χ0n) is 8.87. The van der Waals surface area contributed by atoms with E-state index in [0.29, 0.717) is 22.9 Å². The molecule has 0 saturated carbocycles. The second-order valence-electron chi connectivity index (χ2n) is 3.90. The Morgan fingerprint density at radius 1 is 1.56 bits per heavy atom. The Morgan fingerprint density at radius 3 is 3.06 bits per heavy atom. The first kappa shape index (κ1) is 11.7. The number of nitrogens with one attached hydrogen (secondary N) is 1. The minimum absolute atomic E-state index is 0.170. The number of halogens is 1. The molecule has 4 nitrogen and oxygen atoms in total. The van der Waals surface area contributed by atoms with Gasteiger partial charge in [0, 0.05) is 13.2 Å². The summed E-state index contributed by atoms with van der Waals surface area (Å²) in [7, 11) is 0. The zero-order chi connectivity index (χ0) is 11.4. The molecule has 0 spiro atoms. The Bertz CT molecular complexity index is 358. The summed E-state index contributed by atoms with van der Waals surface area (Å²) in [5, 5.41) is 2.85. The lowest BCUT2D eigenvalue weighted by Gasteiger charge is -2.21. The summed E-state index contributed by atoms with van der Waals surface area (Å²) in [5.74, 6) is 0.593. The average Bonchev–Trinajstić information content (AvgIpc) is 2.74. The van der Waals surface area contributed by atoms with Gasteiger partial charge in [0.05, 0.1) is 6.61 Å². The van der Waals surface area contributed by atoms with Crippen molar-refractivity contribution in [3.8, 4) is 0 Å². The van der Waals surface area contributed by atoms with Crippen LogP contribution in [-0.4, -0.2) is 25.7 Å². The summed E-state index contributed by atoms with van der Waals surface area (Å²) in [5.41, 5.74) is 0. The van der Waals surface area contributed by atoms with Crippen LogP contribution in [0, 0.1) is 5.92 Å². The summed E-state index contributed by atoms with van der Waals surface area (Å²) < 4.78 is 11.1. The summed E-state index contributed by atoms with van der Waals surface area (Å²) in [6.45, 7) is 2.23. The maximum Gasteiger partial charge on any atom is 0.287 e. The standard InChI is InChI=1S/C11H14BrNO3/c12-10-4-3-9(16-10)11(14)13-6-8-2-1-5-15-7-8/h3-4,8H,1-2,5-7H2,(H,13,14). The lowest BCUT2D eigenvalue weighted by molar-refractivity contribution is 0.0533. The third-order valence-corrected chi connectivity index (χ3v) is 3.03. The SMILES string of the molecule is O=C(NCC1CCCOC1)c1ccc(Br)o1. The third kappa shape index (κ3) is 3.09. The highest BCUT2D eigenvalue weighted by Gasteiger charge is 2.16. The van der Waals surface area contributed by atoms with Crippen LogP contribution in [0.4, 0.5) is 0 Å². The highest BCUT2D eigenvalue weighted by atomic mass is 79.9. The predicted octanol–water partition coefficient (Wildman–Crippen LogP) is 2.20. The molecule has 1 aromatic rings. The van der Waals surface area contributed by atoms with E-state index in [1.807, 2.05) is 0 Å². The maximum absolute atomic E-state index is 11.6. The molecule has 0 aromatic carbocycles. The van der Waals surface area contributed by atoms with Gasteiger partial charge in [-0.05, 0) is 46.8 Å². The van der Waals surface area contributed by atoms with Crippen LogP contribution in [0.3, 0.4) is 0 Å². The van der Waals surface area contributed by atoms with Crippen LogP contribution >= 0.6 is 15.9 Å². The molecule has 1 amide bonds. The summed E-state index contributed by atoms with van der Waals surface area (Å²) in [6, 6.07) is 3.36. The molecule has 1 N–H and O–H groups in total. The van der Waals surface area contributed by atoms with Gasteiger partial charge in [-0.3, -0.25) is 4.79 Å². The Labute approximate surface area is 102 Å². The van der Waals surface area contributed by atoms with Crippen molar-refractivity contribution in [1.29, 1.82) is 0 Å². The van der Waals surface area contributed by atoms with Crippen molar-refractivity contribution in [3.05, 3.63) is 22.6 Å². The third-order valence-electron chi connectivity index (χ3n) is 2.60. The molecule has 1 aliphatic rings. The summed E-state index contributed by atoms with van der Waals surface area (Å²) in [4.78, 5) is 11.6. The molecule has 1 aliphatic heterocycles. The Hall–Kier alpha value is -0.810. The molecule has 0 radical (unpaired) electrons. The molecule has 16 heavy (non-hydrogen) atoms. The molecule has 1 atom stereocenters. The Kier molecular flexibility index (Phi) is 4.01. The van der Waals surface area contributed by atoms with Gasteiger partial charge in [-0.15, -0.1) is 0 Å². The van der Waals surface area contributed by atoms with Crippen LogP contribution in [0.25, 0.3) is 0 Å². The van der Waals surface area contributed by atoms with Crippen molar-refractivity contribution < 1.29 is 13.9 Å². The number of furan rings is 1. The van der Waals surface area contributed by atoms with E-state index in [-0.39, 0.29) is 5.91 Å². The van der Waals surface area contributed by atoms with Crippen LogP contribution in [0.2, 0.25) is 0 Å². The summed E-state index contributed by atoms with van der Waals surface area (Å²) >= 11 is 3.16. The van der Waals surface area contributed by atoms with E-state index in [2.05, 4.69) is 21.2 Å². The molecule has 88 valence electrons. The number of hydrogen-bond donors (Lipinski definition) is 1. The second kappa shape index (κ2) is 5.50. The predicted molar refractivity (Wildman–Crippen MR) is 62.3 cm³/mol. The second-order valence-corrected chi connectivity index (χ2v) is 4.68. The number of hydrogen-bond acceptors (Lipinski definition) is 3. The van der Waals surface area contributed by atoms with E-state index < -0.39 is 0 Å².